The predicted octanol–water partition coefficient (Wildman–Crippen LogP) is 4.52. The van der Waals surface area contributed by atoms with Gasteiger partial charge in [0.05, 0.1) is 15.8 Å². The third-order valence-corrected chi connectivity index (χ3v) is 4.82. The molecule has 0 amide bonds. The number of benzene rings is 2. The number of alkyl halides is 3. The first-order chi connectivity index (χ1) is 11.9. The molecule has 1 aliphatic carbocycles. The van der Waals surface area contributed by atoms with Gasteiger partial charge in [-0.25, -0.2) is 4.98 Å². The maximum atomic E-state index is 13.1. The Bertz CT molecular complexity index is 990. The van der Waals surface area contributed by atoms with Crippen LogP contribution in [-0.4, -0.2) is 16.5 Å². The molecule has 1 N–H and O–H groups in total. The quantitative estimate of drug-likeness (QED) is 0.683. The third-order valence-electron chi connectivity index (χ3n) is 3.88. The highest BCUT2D eigenvalue weighted by atomic mass is 32.1. The summed E-state index contributed by atoms with van der Waals surface area (Å²) in [6.45, 7) is 0. The number of nitrogens with one attached hydrogen (secondary N) is 1. The molecule has 1 aliphatic rings. The number of Topliss-reactive ketones (excluding diaryl/α,β-unsaturated/α-hetero) is 1. The second kappa shape index (κ2) is 5.66. The highest BCUT2D eigenvalue weighted by Gasteiger charge is 2.40. The summed E-state index contributed by atoms with van der Waals surface area (Å²) in [5.74, 6) is -0.698. The van der Waals surface area contributed by atoms with Crippen LogP contribution in [0.15, 0.2) is 47.6 Å². The van der Waals surface area contributed by atoms with Crippen LogP contribution in [0.1, 0.15) is 21.5 Å². The van der Waals surface area contributed by atoms with Crippen molar-refractivity contribution in [1.29, 1.82) is 0 Å². The van der Waals surface area contributed by atoms with Gasteiger partial charge in [0.15, 0.2) is 0 Å². The molecule has 25 heavy (non-hydrogen) atoms. The highest BCUT2D eigenvalue weighted by Crippen LogP contribution is 2.36. The fourth-order valence-electron chi connectivity index (χ4n) is 2.78. The van der Waals surface area contributed by atoms with Crippen LogP contribution in [0.5, 0.6) is 0 Å². The molecule has 0 fully saturated rings. The number of carbonyl (C=O) groups excluding carboxylic acids is 1. The van der Waals surface area contributed by atoms with Crippen molar-refractivity contribution in [2.24, 2.45) is 5.10 Å². The largest absolute Gasteiger partial charge is 0.417 e. The van der Waals surface area contributed by atoms with Gasteiger partial charge in [-0.1, -0.05) is 35.6 Å². The standard InChI is InChI=1S/C17H10F3N3OS/c18-17(19,20)10-5-3-4-9-8-12(15(24)14(9)10)22-23-16-21-11-6-1-2-7-13(11)25-16/h1-7H,8H2,(H,21,23)/b22-12-. The van der Waals surface area contributed by atoms with Crippen molar-refractivity contribution in [2.45, 2.75) is 12.6 Å². The first-order valence-corrected chi connectivity index (χ1v) is 8.17. The fourth-order valence-corrected chi connectivity index (χ4v) is 3.59. The summed E-state index contributed by atoms with van der Waals surface area (Å²) in [6.07, 6.45) is -4.51. The van der Waals surface area contributed by atoms with Crippen molar-refractivity contribution in [1.82, 2.24) is 4.98 Å². The van der Waals surface area contributed by atoms with E-state index in [2.05, 4.69) is 15.5 Å². The molecule has 126 valence electrons. The van der Waals surface area contributed by atoms with Crippen molar-refractivity contribution >= 4 is 38.2 Å². The average Bonchev–Trinajstić information content (AvgIpc) is 3.13. The molecule has 0 aliphatic heterocycles. The molecule has 1 aromatic heterocycles. The summed E-state index contributed by atoms with van der Waals surface area (Å²) in [5.41, 5.74) is 2.64. The number of hydrazone groups is 1. The van der Waals surface area contributed by atoms with E-state index >= 15 is 0 Å². The van der Waals surface area contributed by atoms with Crippen molar-refractivity contribution in [3.8, 4) is 0 Å². The Morgan fingerprint density at radius 2 is 1.92 bits per heavy atom. The Labute approximate surface area is 144 Å². The molecule has 1 heterocycles. The molecule has 3 aromatic rings. The van der Waals surface area contributed by atoms with E-state index in [1.165, 1.54) is 23.5 Å². The Morgan fingerprint density at radius 3 is 2.68 bits per heavy atom. The topological polar surface area (TPSA) is 54.4 Å². The van der Waals surface area contributed by atoms with E-state index in [0.29, 0.717) is 10.7 Å². The number of carbonyl (C=O) groups is 1. The molecule has 0 spiro atoms. The second-order valence-corrected chi connectivity index (χ2v) is 6.53. The van der Waals surface area contributed by atoms with Crippen molar-refractivity contribution in [2.75, 3.05) is 5.43 Å². The van der Waals surface area contributed by atoms with Crippen molar-refractivity contribution in [3.63, 3.8) is 0 Å². The van der Waals surface area contributed by atoms with Crippen LogP contribution in [0.2, 0.25) is 0 Å². The number of hydrogen-bond acceptors (Lipinski definition) is 5. The minimum absolute atomic E-state index is 0.0472. The highest BCUT2D eigenvalue weighted by molar-refractivity contribution is 7.22. The average molecular weight is 361 g/mol. The van der Waals surface area contributed by atoms with Crippen LogP contribution >= 0.6 is 11.3 Å². The number of anilines is 1. The smallest absolute Gasteiger partial charge is 0.287 e. The molecule has 0 unspecified atom stereocenters. The van der Waals surface area contributed by atoms with E-state index in [-0.39, 0.29) is 17.7 Å². The van der Waals surface area contributed by atoms with E-state index < -0.39 is 17.5 Å². The summed E-state index contributed by atoms with van der Waals surface area (Å²) in [4.78, 5) is 16.7. The summed E-state index contributed by atoms with van der Waals surface area (Å²) in [7, 11) is 0. The number of halogens is 3. The van der Waals surface area contributed by atoms with Crippen LogP contribution in [0.25, 0.3) is 10.2 Å². The molecular formula is C17H10F3N3OS. The van der Waals surface area contributed by atoms with Crippen LogP contribution in [0.4, 0.5) is 18.3 Å². The number of fused-ring (bicyclic) bond motifs is 2. The Morgan fingerprint density at radius 1 is 1.12 bits per heavy atom. The maximum Gasteiger partial charge on any atom is 0.417 e. The second-order valence-electron chi connectivity index (χ2n) is 5.50. The predicted molar refractivity (Wildman–Crippen MR) is 90.2 cm³/mol. The monoisotopic (exact) mass is 361 g/mol. The SMILES string of the molecule is O=C1/C(=N\Nc2nc3ccccc3s2)Cc2cccc(C(F)(F)F)c21. The number of hydrogen-bond donors (Lipinski definition) is 1. The lowest BCUT2D eigenvalue weighted by Gasteiger charge is -2.10. The van der Waals surface area contributed by atoms with Gasteiger partial charge in [0.2, 0.25) is 10.9 Å². The molecule has 0 saturated carbocycles. The lowest BCUT2D eigenvalue weighted by Crippen LogP contribution is -2.15. The van der Waals surface area contributed by atoms with Crippen molar-refractivity contribution < 1.29 is 18.0 Å². The van der Waals surface area contributed by atoms with E-state index in [1.807, 2.05) is 24.3 Å². The summed E-state index contributed by atoms with van der Waals surface area (Å²) >= 11 is 1.35. The molecule has 2 aromatic carbocycles. The van der Waals surface area contributed by atoms with E-state index in [9.17, 15) is 18.0 Å². The van der Waals surface area contributed by atoms with Gasteiger partial charge >= 0.3 is 6.18 Å². The number of nitrogens with zero attached hydrogens (tertiary/aromatic N) is 2. The van der Waals surface area contributed by atoms with Crippen molar-refractivity contribution in [3.05, 3.63) is 59.2 Å². The molecule has 8 heteroatoms. The molecule has 4 rings (SSSR count). The molecule has 0 saturated heterocycles. The van der Waals surface area contributed by atoms with Crippen LogP contribution < -0.4 is 5.43 Å². The first kappa shape index (κ1) is 15.8. The Balaban J connectivity index is 1.64. The van der Waals surface area contributed by atoms with Gasteiger partial charge in [-0.2, -0.15) is 18.3 Å². The van der Waals surface area contributed by atoms with Crippen LogP contribution in [-0.2, 0) is 12.6 Å². The minimum atomic E-state index is -4.57. The molecule has 0 radical (unpaired) electrons. The Kier molecular flexibility index (Phi) is 3.57. The zero-order chi connectivity index (χ0) is 17.6. The van der Waals surface area contributed by atoms with Gasteiger partial charge in [-0.15, -0.1) is 0 Å². The summed E-state index contributed by atoms with van der Waals surface area (Å²) in [6, 6.07) is 11.2. The van der Waals surface area contributed by atoms with Gasteiger partial charge in [-0.05, 0) is 23.8 Å². The lowest BCUT2D eigenvalue weighted by molar-refractivity contribution is -0.137. The Hall–Kier alpha value is -2.74. The first-order valence-electron chi connectivity index (χ1n) is 7.35. The fraction of sp³-hybridized carbons (Fsp3) is 0.118. The van der Waals surface area contributed by atoms with Gasteiger partial charge in [0, 0.05) is 12.0 Å². The van der Waals surface area contributed by atoms with E-state index in [0.717, 1.165) is 16.3 Å². The number of aromatic nitrogens is 1. The van der Waals surface area contributed by atoms with Gasteiger partial charge in [-0.3, -0.25) is 10.2 Å². The molecule has 0 atom stereocenters. The van der Waals surface area contributed by atoms with E-state index in [4.69, 9.17) is 0 Å². The summed E-state index contributed by atoms with van der Waals surface area (Å²) < 4.78 is 40.2. The maximum absolute atomic E-state index is 13.1. The number of thiazole rings is 1. The van der Waals surface area contributed by atoms with Gasteiger partial charge in [0.25, 0.3) is 0 Å². The molecular weight excluding hydrogens is 351 g/mol. The number of rotatable bonds is 2. The summed E-state index contributed by atoms with van der Waals surface area (Å²) in [5, 5.41) is 4.49. The lowest BCUT2D eigenvalue weighted by atomic mass is 10.0. The minimum Gasteiger partial charge on any atom is -0.287 e. The van der Waals surface area contributed by atoms with Gasteiger partial charge in [0.1, 0.15) is 5.71 Å². The van der Waals surface area contributed by atoms with Crippen LogP contribution in [0, 0.1) is 0 Å². The van der Waals surface area contributed by atoms with Crippen LogP contribution in [0.3, 0.4) is 0 Å². The number of para-hydroxylation sites is 1. The molecule has 0 bridgehead atoms. The zero-order valence-corrected chi connectivity index (χ0v) is 13.4. The van der Waals surface area contributed by atoms with E-state index in [1.54, 1.807) is 0 Å². The zero-order valence-electron chi connectivity index (χ0n) is 12.6. The third kappa shape index (κ3) is 2.78. The molecule has 4 nitrogen and oxygen atoms in total. The van der Waals surface area contributed by atoms with Gasteiger partial charge < -0.3 is 0 Å². The normalized spacial score (nSPS) is 15.8. The number of ketones is 1.